The first kappa shape index (κ1) is 13.1. The van der Waals surface area contributed by atoms with Crippen LogP contribution in [0.25, 0.3) is 0 Å². The van der Waals surface area contributed by atoms with Crippen molar-refractivity contribution in [2.45, 2.75) is 13.5 Å². The second-order valence-electron chi connectivity index (χ2n) is 4.37. The number of ether oxygens (including phenoxy) is 1. The van der Waals surface area contributed by atoms with E-state index in [2.05, 4.69) is 9.97 Å². The fourth-order valence-electron chi connectivity index (χ4n) is 1.94. The summed E-state index contributed by atoms with van der Waals surface area (Å²) in [5.74, 6) is 2.82. The Balaban J connectivity index is 2.22. The van der Waals surface area contributed by atoms with Gasteiger partial charge < -0.3 is 15.4 Å². The van der Waals surface area contributed by atoms with E-state index in [9.17, 15) is 0 Å². The van der Waals surface area contributed by atoms with Gasteiger partial charge in [0.25, 0.3) is 0 Å². The first-order valence-corrected chi connectivity index (χ1v) is 6.04. The molecule has 1 heterocycles. The van der Waals surface area contributed by atoms with Crippen LogP contribution in [0.2, 0.25) is 0 Å². The standard InChI is InChI=1S/C14H18N4O/c1-10-16-13(15)8-14(17-10)18(2)9-11-6-4-5-7-12(11)19-3/h4-8H,9H2,1-3H3,(H2,15,16,17). The van der Waals surface area contributed by atoms with Crippen molar-refractivity contribution in [3.63, 3.8) is 0 Å². The van der Waals surface area contributed by atoms with Crippen molar-refractivity contribution in [3.05, 3.63) is 41.7 Å². The maximum atomic E-state index is 5.74. The third-order valence-corrected chi connectivity index (χ3v) is 2.84. The zero-order valence-corrected chi connectivity index (χ0v) is 11.4. The average Bonchev–Trinajstić information content (AvgIpc) is 2.38. The molecule has 0 aliphatic heterocycles. The topological polar surface area (TPSA) is 64.3 Å². The van der Waals surface area contributed by atoms with Gasteiger partial charge in [-0.15, -0.1) is 0 Å². The number of para-hydroxylation sites is 1. The van der Waals surface area contributed by atoms with Crippen LogP contribution in [0.15, 0.2) is 30.3 Å². The van der Waals surface area contributed by atoms with Crippen LogP contribution in [-0.2, 0) is 6.54 Å². The Bertz CT molecular complexity index is 551. The van der Waals surface area contributed by atoms with Crippen LogP contribution in [0.1, 0.15) is 11.4 Å². The SMILES string of the molecule is COc1ccccc1CN(C)c1cc(N)nc(C)n1. The number of nitrogens with zero attached hydrogens (tertiary/aromatic N) is 3. The summed E-state index contributed by atoms with van der Waals surface area (Å²) in [6.45, 7) is 2.52. The highest BCUT2D eigenvalue weighted by Crippen LogP contribution is 2.21. The molecular weight excluding hydrogens is 240 g/mol. The van der Waals surface area contributed by atoms with E-state index in [4.69, 9.17) is 10.5 Å². The van der Waals surface area contributed by atoms with Gasteiger partial charge in [0, 0.05) is 25.2 Å². The first-order valence-electron chi connectivity index (χ1n) is 6.04. The maximum Gasteiger partial charge on any atom is 0.134 e. The van der Waals surface area contributed by atoms with Gasteiger partial charge in [-0.05, 0) is 13.0 Å². The number of nitrogen functional groups attached to an aromatic ring is 1. The lowest BCUT2D eigenvalue weighted by molar-refractivity contribution is 0.409. The molecule has 2 rings (SSSR count). The Labute approximate surface area is 113 Å². The molecule has 2 N–H and O–H groups in total. The highest BCUT2D eigenvalue weighted by Gasteiger charge is 2.09. The molecule has 1 aromatic heterocycles. The number of methoxy groups -OCH3 is 1. The van der Waals surface area contributed by atoms with Gasteiger partial charge in [-0.3, -0.25) is 0 Å². The molecular formula is C14H18N4O. The van der Waals surface area contributed by atoms with E-state index >= 15 is 0 Å². The van der Waals surface area contributed by atoms with Gasteiger partial charge in [0.2, 0.25) is 0 Å². The summed E-state index contributed by atoms with van der Waals surface area (Å²) < 4.78 is 5.35. The lowest BCUT2D eigenvalue weighted by Crippen LogP contribution is -2.19. The molecule has 19 heavy (non-hydrogen) atoms. The van der Waals surface area contributed by atoms with Gasteiger partial charge in [-0.25, -0.2) is 9.97 Å². The first-order chi connectivity index (χ1) is 9.10. The van der Waals surface area contributed by atoms with Gasteiger partial charge in [-0.2, -0.15) is 0 Å². The van der Waals surface area contributed by atoms with Crippen LogP contribution in [0.4, 0.5) is 11.6 Å². The van der Waals surface area contributed by atoms with Crippen LogP contribution < -0.4 is 15.4 Å². The number of rotatable bonds is 4. The number of hydrogen-bond acceptors (Lipinski definition) is 5. The molecule has 1 aromatic carbocycles. The van der Waals surface area contributed by atoms with E-state index in [0.717, 1.165) is 17.1 Å². The third kappa shape index (κ3) is 3.13. The minimum Gasteiger partial charge on any atom is -0.496 e. The predicted octanol–water partition coefficient (Wildman–Crippen LogP) is 2.01. The largest absolute Gasteiger partial charge is 0.496 e. The fraction of sp³-hybridized carbons (Fsp3) is 0.286. The highest BCUT2D eigenvalue weighted by atomic mass is 16.5. The molecule has 0 amide bonds. The minimum atomic E-state index is 0.481. The van der Waals surface area contributed by atoms with Crippen LogP contribution >= 0.6 is 0 Å². The smallest absolute Gasteiger partial charge is 0.134 e. The summed E-state index contributed by atoms with van der Waals surface area (Å²) in [5.41, 5.74) is 6.84. The van der Waals surface area contributed by atoms with E-state index in [1.807, 2.05) is 43.1 Å². The monoisotopic (exact) mass is 258 g/mol. The quantitative estimate of drug-likeness (QED) is 0.908. The molecule has 0 radical (unpaired) electrons. The number of aryl methyl sites for hydroxylation is 1. The predicted molar refractivity (Wildman–Crippen MR) is 76.3 cm³/mol. The van der Waals surface area contributed by atoms with E-state index in [1.165, 1.54) is 0 Å². The van der Waals surface area contributed by atoms with Crippen LogP contribution in [0.3, 0.4) is 0 Å². The minimum absolute atomic E-state index is 0.481. The number of nitrogens with two attached hydrogens (primary N) is 1. The number of anilines is 2. The molecule has 5 heteroatoms. The van der Waals surface area contributed by atoms with Crippen molar-refractivity contribution in [3.8, 4) is 5.75 Å². The Hall–Kier alpha value is -2.30. The van der Waals surface area contributed by atoms with Crippen molar-refractivity contribution in [1.29, 1.82) is 0 Å². The molecule has 0 aliphatic carbocycles. The molecule has 0 saturated heterocycles. The molecule has 0 fully saturated rings. The normalized spacial score (nSPS) is 10.3. The summed E-state index contributed by atoms with van der Waals surface area (Å²) in [6, 6.07) is 9.69. The van der Waals surface area contributed by atoms with Crippen molar-refractivity contribution >= 4 is 11.6 Å². The van der Waals surface area contributed by atoms with Gasteiger partial charge in [0.15, 0.2) is 0 Å². The Morgan fingerprint density at radius 1 is 1.26 bits per heavy atom. The lowest BCUT2D eigenvalue weighted by Gasteiger charge is -2.20. The fourth-order valence-corrected chi connectivity index (χ4v) is 1.94. The molecule has 2 aromatic rings. The summed E-state index contributed by atoms with van der Waals surface area (Å²) >= 11 is 0. The summed E-state index contributed by atoms with van der Waals surface area (Å²) in [7, 11) is 3.64. The van der Waals surface area contributed by atoms with Gasteiger partial charge in [0.05, 0.1) is 7.11 Å². The summed E-state index contributed by atoms with van der Waals surface area (Å²) in [5, 5.41) is 0. The Kier molecular flexibility index (Phi) is 3.85. The molecule has 100 valence electrons. The van der Waals surface area contributed by atoms with E-state index in [-0.39, 0.29) is 0 Å². The van der Waals surface area contributed by atoms with Gasteiger partial charge in [-0.1, -0.05) is 18.2 Å². The molecule has 0 atom stereocenters. The van der Waals surface area contributed by atoms with Crippen molar-refractivity contribution in [2.24, 2.45) is 0 Å². The van der Waals surface area contributed by atoms with Crippen molar-refractivity contribution in [2.75, 3.05) is 24.8 Å². The van der Waals surface area contributed by atoms with Crippen LogP contribution in [0.5, 0.6) is 5.75 Å². The third-order valence-electron chi connectivity index (χ3n) is 2.84. The van der Waals surface area contributed by atoms with Crippen molar-refractivity contribution in [1.82, 2.24) is 9.97 Å². The molecule has 0 saturated carbocycles. The van der Waals surface area contributed by atoms with Crippen LogP contribution in [0, 0.1) is 6.92 Å². The summed E-state index contributed by atoms with van der Waals surface area (Å²) in [6.07, 6.45) is 0. The zero-order chi connectivity index (χ0) is 13.8. The maximum absolute atomic E-state index is 5.74. The number of benzene rings is 1. The van der Waals surface area contributed by atoms with E-state index in [1.54, 1.807) is 13.2 Å². The van der Waals surface area contributed by atoms with E-state index in [0.29, 0.717) is 18.2 Å². The molecule has 0 unspecified atom stereocenters. The number of aromatic nitrogens is 2. The zero-order valence-electron chi connectivity index (χ0n) is 11.4. The second kappa shape index (κ2) is 5.56. The number of hydrogen-bond donors (Lipinski definition) is 1. The molecule has 0 aliphatic rings. The Morgan fingerprint density at radius 3 is 2.68 bits per heavy atom. The van der Waals surface area contributed by atoms with E-state index < -0.39 is 0 Å². The summed E-state index contributed by atoms with van der Waals surface area (Å²) in [4.78, 5) is 10.5. The molecule has 0 spiro atoms. The lowest BCUT2D eigenvalue weighted by atomic mass is 10.2. The van der Waals surface area contributed by atoms with Crippen molar-refractivity contribution < 1.29 is 4.74 Å². The Morgan fingerprint density at radius 2 is 2.00 bits per heavy atom. The molecule has 5 nitrogen and oxygen atoms in total. The highest BCUT2D eigenvalue weighted by molar-refractivity contribution is 5.47. The average molecular weight is 258 g/mol. The van der Waals surface area contributed by atoms with Crippen LogP contribution in [-0.4, -0.2) is 24.1 Å². The van der Waals surface area contributed by atoms with Gasteiger partial charge in [0.1, 0.15) is 23.2 Å². The van der Waals surface area contributed by atoms with Gasteiger partial charge >= 0.3 is 0 Å². The molecule has 0 bridgehead atoms. The second-order valence-corrected chi connectivity index (χ2v) is 4.37.